The van der Waals surface area contributed by atoms with Crippen LogP contribution in [-0.4, -0.2) is 34.6 Å². The van der Waals surface area contributed by atoms with Crippen molar-refractivity contribution in [3.63, 3.8) is 0 Å². The zero-order valence-electron chi connectivity index (χ0n) is 15.2. The van der Waals surface area contributed by atoms with E-state index >= 15 is 0 Å². The molecule has 0 spiro atoms. The Balaban J connectivity index is 1.47. The molecule has 0 aliphatic rings. The second kappa shape index (κ2) is 9.33. The molecule has 1 aromatic heterocycles. The third-order valence-electron chi connectivity index (χ3n) is 4.04. The van der Waals surface area contributed by atoms with Crippen LogP contribution in [0.3, 0.4) is 0 Å². The van der Waals surface area contributed by atoms with E-state index in [2.05, 4.69) is 15.6 Å². The van der Waals surface area contributed by atoms with Crippen LogP contribution in [0.25, 0.3) is 6.08 Å². The molecule has 0 atom stereocenters. The highest BCUT2D eigenvalue weighted by Crippen LogP contribution is 2.17. The Hall–Kier alpha value is -3.41. The van der Waals surface area contributed by atoms with E-state index in [-0.39, 0.29) is 5.91 Å². The predicted molar refractivity (Wildman–Crippen MR) is 104 cm³/mol. The third kappa shape index (κ3) is 5.54. The van der Waals surface area contributed by atoms with E-state index in [1.54, 1.807) is 17.9 Å². The first-order chi connectivity index (χ1) is 13.2. The largest absolute Gasteiger partial charge is 0.496 e. The molecule has 2 aromatic carbocycles. The van der Waals surface area contributed by atoms with Gasteiger partial charge in [0.05, 0.1) is 19.9 Å². The number of nitrogens with zero attached hydrogens (tertiary/aromatic N) is 3. The minimum Gasteiger partial charge on any atom is -0.496 e. The number of para-hydroxylation sites is 1. The molecule has 3 rings (SSSR count). The molecule has 6 heteroatoms. The first-order valence-electron chi connectivity index (χ1n) is 8.76. The van der Waals surface area contributed by atoms with Crippen molar-refractivity contribution in [2.24, 2.45) is 0 Å². The topological polar surface area (TPSA) is 69.0 Å². The molecule has 6 nitrogen and oxygen atoms in total. The highest BCUT2D eigenvalue weighted by molar-refractivity contribution is 5.91. The van der Waals surface area contributed by atoms with Crippen LogP contribution in [-0.2, 0) is 17.8 Å². The Labute approximate surface area is 158 Å². The van der Waals surface area contributed by atoms with E-state index in [0.29, 0.717) is 25.2 Å². The van der Waals surface area contributed by atoms with Crippen molar-refractivity contribution < 1.29 is 9.53 Å². The highest BCUT2D eigenvalue weighted by Gasteiger charge is 2.03. The summed E-state index contributed by atoms with van der Waals surface area (Å²) in [4.78, 5) is 12.0. The van der Waals surface area contributed by atoms with Crippen LogP contribution in [0, 0.1) is 0 Å². The maximum atomic E-state index is 12.0. The van der Waals surface area contributed by atoms with E-state index in [0.717, 1.165) is 16.9 Å². The van der Waals surface area contributed by atoms with Gasteiger partial charge in [-0.25, -0.2) is 4.68 Å². The summed E-state index contributed by atoms with van der Waals surface area (Å²) in [5, 5.41) is 11.0. The molecule has 0 aliphatic carbocycles. The first kappa shape index (κ1) is 18.4. The standard InChI is InChI=1S/C21H22N4O2/c1-27-20-10-6-5-9-18(20)13-14-22-21(26)12-11-19-16-25(24-23-19)15-17-7-3-2-4-8-17/h2-12,16H,13-15H2,1H3,(H,22,26)/b12-11+. The lowest BCUT2D eigenvalue weighted by Crippen LogP contribution is -2.23. The van der Waals surface area contributed by atoms with Crippen LogP contribution in [0.1, 0.15) is 16.8 Å². The van der Waals surface area contributed by atoms with E-state index in [1.807, 2.05) is 60.8 Å². The van der Waals surface area contributed by atoms with Crippen LogP contribution < -0.4 is 10.1 Å². The highest BCUT2D eigenvalue weighted by atomic mass is 16.5. The first-order valence-corrected chi connectivity index (χ1v) is 8.76. The van der Waals surface area contributed by atoms with Gasteiger partial charge in [0.15, 0.2) is 0 Å². The molecular weight excluding hydrogens is 340 g/mol. The number of rotatable bonds is 8. The number of aromatic nitrogens is 3. The average molecular weight is 362 g/mol. The molecule has 138 valence electrons. The van der Waals surface area contributed by atoms with Crippen molar-refractivity contribution in [1.29, 1.82) is 0 Å². The number of benzene rings is 2. The number of carbonyl (C=O) groups excluding carboxylic acids is 1. The molecule has 0 radical (unpaired) electrons. The average Bonchev–Trinajstić information content (AvgIpc) is 3.15. The van der Waals surface area contributed by atoms with Gasteiger partial charge in [0.1, 0.15) is 11.4 Å². The second-order valence-corrected chi connectivity index (χ2v) is 6.01. The maximum Gasteiger partial charge on any atom is 0.244 e. The maximum absolute atomic E-state index is 12.0. The fourth-order valence-corrected chi connectivity index (χ4v) is 2.69. The normalized spacial score (nSPS) is 10.9. The number of carbonyl (C=O) groups is 1. The fraction of sp³-hybridized carbons (Fsp3) is 0.190. The zero-order valence-corrected chi connectivity index (χ0v) is 15.2. The Morgan fingerprint density at radius 3 is 2.74 bits per heavy atom. The van der Waals surface area contributed by atoms with Gasteiger partial charge in [0.2, 0.25) is 5.91 Å². The Kier molecular flexibility index (Phi) is 6.35. The minimum absolute atomic E-state index is 0.164. The van der Waals surface area contributed by atoms with E-state index in [4.69, 9.17) is 4.74 Å². The SMILES string of the molecule is COc1ccccc1CCNC(=O)/C=C/c1cn(Cc2ccccc2)nn1. The molecule has 0 unspecified atom stereocenters. The van der Waals surface area contributed by atoms with Crippen molar-refractivity contribution in [3.05, 3.63) is 83.7 Å². The number of ether oxygens (including phenoxy) is 1. The number of amides is 1. The lowest BCUT2D eigenvalue weighted by molar-refractivity contribution is -0.116. The van der Waals surface area contributed by atoms with Crippen LogP contribution >= 0.6 is 0 Å². The van der Waals surface area contributed by atoms with Gasteiger partial charge in [-0.1, -0.05) is 53.7 Å². The summed E-state index contributed by atoms with van der Waals surface area (Å²) in [5.74, 6) is 0.667. The van der Waals surface area contributed by atoms with Gasteiger partial charge in [-0.3, -0.25) is 4.79 Å². The lowest BCUT2D eigenvalue weighted by atomic mass is 10.1. The summed E-state index contributed by atoms with van der Waals surface area (Å²) in [6, 6.07) is 17.8. The second-order valence-electron chi connectivity index (χ2n) is 6.01. The van der Waals surface area contributed by atoms with Gasteiger partial charge in [-0.05, 0) is 29.7 Å². The molecule has 0 aliphatic heterocycles. The van der Waals surface area contributed by atoms with Crippen molar-refractivity contribution in [2.45, 2.75) is 13.0 Å². The van der Waals surface area contributed by atoms with Gasteiger partial charge in [-0.2, -0.15) is 0 Å². The summed E-state index contributed by atoms with van der Waals surface area (Å²) in [6.07, 6.45) is 5.65. The van der Waals surface area contributed by atoms with Crippen LogP contribution in [0.15, 0.2) is 66.9 Å². The van der Waals surface area contributed by atoms with Crippen molar-refractivity contribution in [2.75, 3.05) is 13.7 Å². The number of hydrogen-bond acceptors (Lipinski definition) is 4. The molecule has 3 aromatic rings. The Morgan fingerprint density at radius 1 is 1.15 bits per heavy atom. The molecular formula is C21H22N4O2. The van der Waals surface area contributed by atoms with Gasteiger partial charge in [-0.15, -0.1) is 5.10 Å². The smallest absolute Gasteiger partial charge is 0.244 e. The molecule has 0 fully saturated rings. The van der Waals surface area contributed by atoms with E-state index < -0.39 is 0 Å². The summed E-state index contributed by atoms with van der Waals surface area (Å²) >= 11 is 0. The van der Waals surface area contributed by atoms with Crippen molar-refractivity contribution in [1.82, 2.24) is 20.3 Å². The van der Waals surface area contributed by atoms with Gasteiger partial charge >= 0.3 is 0 Å². The lowest BCUT2D eigenvalue weighted by Gasteiger charge is -2.08. The quantitative estimate of drug-likeness (QED) is 0.626. The molecule has 0 bridgehead atoms. The van der Waals surface area contributed by atoms with Crippen molar-refractivity contribution in [3.8, 4) is 5.75 Å². The van der Waals surface area contributed by atoms with Crippen molar-refractivity contribution >= 4 is 12.0 Å². The van der Waals surface area contributed by atoms with Crippen LogP contribution in [0.4, 0.5) is 0 Å². The van der Waals surface area contributed by atoms with Gasteiger partial charge < -0.3 is 10.1 Å². The Bertz CT molecular complexity index is 903. The fourth-order valence-electron chi connectivity index (χ4n) is 2.69. The summed E-state index contributed by atoms with van der Waals surface area (Å²) in [7, 11) is 1.64. The van der Waals surface area contributed by atoms with Gasteiger partial charge in [0.25, 0.3) is 0 Å². The summed E-state index contributed by atoms with van der Waals surface area (Å²) in [6.45, 7) is 1.18. The summed E-state index contributed by atoms with van der Waals surface area (Å²) < 4.78 is 7.05. The van der Waals surface area contributed by atoms with Gasteiger partial charge in [0, 0.05) is 12.6 Å². The molecule has 0 saturated carbocycles. The van der Waals surface area contributed by atoms with E-state index in [9.17, 15) is 4.79 Å². The number of nitrogens with one attached hydrogen (secondary N) is 1. The number of hydrogen-bond donors (Lipinski definition) is 1. The summed E-state index contributed by atoms with van der Waals surface area (Å²) in [5.41, 5.74) is 2.85. The molecule has 0 saturated heterocycles. The van der Waals surface area contributed by atoms with E-state index in [1.165, 1.54) is 6.08 Å². The van der Waals surface area contributed by atoms with Crippen LogP contribution in [0.2, 0.25) is 0 Å². The minimum atomic E-state index is -0.164. The monoisotopic (exact) mass is 362 g/mol. The third-order valence-corrected chi connectivity index (χ3v) is 4.04. The Morgan fingerprint density at radius 2 is 1.93 bits per heavy atom. The van der Waals surface area contributed by atoms with Crippen LogP contribution in [0.5, 0.6) is 5.75 Å². The predicted octanol–water partition coefficient (Wildman–Crippen LogP) is 2.71. The number of methoxy groups -OCH3 is 1. The molecule has 1 N–H and O–H groups in total. The zero-order chi connectivity index (χ0) is 18.9. The molecule has 1 heterocycles. The molecule has 27 heavy (non-hydrogen) atoms. The molecule has 1 amide bonds.